The summed E-state index contributed by atoms with van der Waals surface area (Å²) in [7, 11) is 0. The first-order valence-corrected chi connectivity index (χ1v) is 6.04. The first-order valence-electron chi connectivity index (χ1n) is 6.04. The summed E-state index contributed by atoms with van der Waals surface area (Å²) >= 11 is 0. The lowest BCUT2D eigenvalue weighted by molar-refractivity contribution is 0.0430. The minimum Gasteiger partial charge on any atom is -0.377 e. The molecule has 18 heavy (non-hydrogen) atoms. The Balaban J connectivity index is 4.64. The van der Waals surface area contributed by atoms with Crippen LogP contribution in [0.5, 0.6) is 0 Å². The highest BCUT2D eigenvalue weighted by Crippen LogP contribution is 2.35. The van der Waals surface area contributed by atoms with Gasteiger partial charge in [-0.2, -0.15) is 15.8 Å². The van der Waals surface area contributed by atoms with Gasteiger partial charge in [0.15, 0.2) is 0 Å². The van der Waals surface area contributed by atoms with E-state index in [-0.39, 0.29) is 5.41 Å². The lowest BCUT2D eigenvalue weighted by Gasteiger charge is -2.31. The largest absolute Gasteiger partial charge is 0.377 e. The molecule has 0 bridgehead atoms. The molecule has 0 radical (unpaired) electrons. The standard InChI is InChI=1S/C14H19N3O/c1-2-12-18-13-14(6-3-9-15,7-4-10-16)8-5-11-17/h2H,1,3-8,12-13H2. The molecule has 0 aromatic heterocycles. The van der Waals surface area contributed by atoms with Gasteiger partial charge in [-0.1, -0.05) is 6.08 Å². The van der Waals surface area contributed by atoms with Gasteiger partial charge < -0.3 is 4.74 Å². The highest BCUT2D eigenvalue weighted by Gasteiger charge is 2.29. The molecule has 0 saturated carbocycles. The number of rotatable bonds is 10. The lowest BCUT2D eigenvalue weighted by atomic mass is 9.76. The van der Waals surface area contributed by atoms with Crippen molar-refractivity contribution in [3.8, 4) is 18.2 Å². The van der Waals surface area contributed by atoms with Crippen molar-refractivity contribution in [2.45, 2.75) is 38.5 Å². The van der Waals surface area contributed by atoms with Crippen LogP contribution in [0, 0.1) is 39.4 Å². The summed E-state index contributed by atoms with van der Waals surface area (Å²) in [6, 6.07) is 6.37. The van der Waals surface area contributed by atoms with Crippen molar-refractivity contribution in [2.75, 3.05) is 13.2 Å². The van der Waals surface area contributed by atoms with E-state index in [0.717, 1.165) is 0 Å². The summed E-state index contributed by atoms with van der Waals surface area (Å²) < 4.78 is 5.49. The van der Waals surface area contributed by atoms with E-state index in [9.17, 15) is 0 Å². The van der Waals surface area contributed by atoms with Crippen LogP contribution in [-0.4, -0.2) is 13.2 Å². The zero-order valence-electron chi connectivity index (χ0n) is 10.7. The Morgan fingerprint density at radius 2 is 1.39 bits per heavy atom. The van der Waals surface area contributed by atoms with E-state index in [1.54, 1.807) is 6.08 Å². The van der Waals surface area contributed by atoms with Crippen molar-refractivity contribution in [2.24, 2.45) is 5.41 Å². The topological polar surface area (TPSA) is 80.6 Å². The van der Waals surface area contributed by atoms with E-state index in [2.05, 4.69) is 24.8 Å². The van der Waals surface area contributed by atoms with E-state index in [1.165, 1.54) is 0 Å². The predicted octanol–water partition coefficient (Wildman–Crippen LogP) is 3.09. The second-order valence-electron chi connectivity index (χ2n) is 4.28. The normalized spacial score (nSPS) is 10.1. The van der Waals surface area contributed by atoms with Crippen molar-refractivity contribution < 1.29 is 4.74 Å². The molecule has 0 aromatic carbocycles. The summed E-state index contributed by atoms with van der Waals surface area (Å²) in [5.74, 6) is 0. The molecule has 0 aliphatic rings. The monoisotopic (exact) mass is 245 g/mol. The predicted molar refractivity (Wildman–Crippen MR) is 68.0 cm³/mol. The van der Waals surface area contributed by atoms with Crippen molar-refractivity contribution in [3.05, 3.63) is 12.7 Å². The highest BCUT2D eigenvalue weighted by molar-refractivity contribution is 4.89. The van der Waals surface area contributed by atoms with Crippen molar-refractivity contribution >= 4 is 0 Å². The van der Waals surface area contributed by atoms with Crippen LogP contribution in [-0.2, 0) is 4.74 Å². The smallest absolute Gasteiger partial charge is 0.0645 e. The zero-order chi connectivity index (χ0) is 13.7. The van der Waals surface area contributed by atoms with Gasteiger partial charge in [0, 0.05) is 19.3 Å². The lowest BCUT2D eigenvalue weighted by Crippen LogP contribution is -2.27. The van der Waals surface area contributed by atoms with Gasteiger partial charge in [-0.3, -0.25) is 0 Å². The van der Waals surface area contributed by atoms with Crippen LogP contribution >= 0.6 is 0 Å². The van der Waals surface area contributed by atoms with Crippen LogP contribution in [0.3, 0.4) is 0 Å². The third-order valence-corrected chi connectivity index (χ3v) is 2.95. The maximum Gasteiger partial charge on any atom is 0.0645 e. The van der Waals surface area contributed by atoms with Crippen molar-refractivity contribution in [1.82, 2.24) is 0 Å². The van der Waals surface area contributed by atoms with Gasteiger partial charge in [0.1, 0.15) is 0 Å². The molecule has 0 rings (SSSR count). The molecule has 96 valence electrons. The first kappa shape index (κ1) is 16.2. The first-order chi connectivity index (χ1) is 8.74. The molecule has 0 spiro atoms. The van der Waals surface area contributed by atoms with Gasteiger partial charge in [0.25, 0.3) is 0 Å². The molecule has 0 N–H and O–H groups in total. The van der Waals surface area contributed by atoms with E-state index >= 15 is 0 Å². The van der Waals surface area contributed by atoms with Crippen LogP contribution in [0.15, 0.2) is 12.7 Å². The van der Waals surface area contributed by atoms with Gasteiger partial charge in [0.05, 0.1) is 31.4 Å². The quantitative estimate of drug-likeness (QED) is 0.437. The number of hydrogen-bond acceptors (Lipinski definition) is 4. The van der Waals surface area contributed by atoms with Crippen LogP contribution < -0.4 is 0 Å². The molecule has 0 atom stereocenters. The Kier molecular flexibility index (Phi) is 9.28. The molecule has 0 aliphatic heterocycles. The van der Waals surface area contributed by atoms with Crippen LogP contribution in [0.4, 0.5) is 0 Å². The van der Waals surface area contributed by atoms with Gasteiger partial charge >= 0.3 is 0 Å². The average molecular weight is 245 g/mol. The maximum atomic E-state index is 8.72. The second-order valence-corrected chi connectivity index (χ2v) is 4.28. The number of hydrogen-bond donors (Lipinski definition) is 0. The van der Waals surface area contributed by atoms with E-state index in [4.69, 9.17) is 20.5 Å². The van der Waals surface area contributed by atoms with Crippen molar-refractivity contribution in [3.63, 3.8) is 0 Å². The average Bonchev–Trinajstić information content (AvgIpc) is 2.40. The van der Waals surface area contributed by atoms with Crippen molar-refractivity contribution in [1.29, 1.82) is 15.8 Å². The van der Waals surface area contributed by atoms with Gasteiger partial charge in [-0.15, -0.1) is 6.58 Å². The number of ether oxygens (including phenoxy) is 1. The Morgan fingerprint density at radius 3 is 1.72 bits per heavy atom. The summed E-state index contributed by atoms with van der Waals surface area (Å²) in [6.45, 7) is 4.51. The minimum atomic E-state index is -0.232. The zero-order valence-corrected chi connectivity index (χ0v) is 10.7. The molecule has 0 unspecified atom stereocenters. The number of nitriles is 3. The van der Waals surface area contributed by atoms with Crippen LogP contribution in [0.1, 0.15) is 38.5 Å². The number of nitrogens with zero attached hydrogens (tertiary/aromatic N) is 3. The van der Waals surface area contributed by atoms with Crippen LogP contribution in [0.2, 0.25) is 0 Å². The molecule has 0 aromatic rings. The minimum absolute atomic E-state index is 0.232. The van der Waals surface area contributed by atoms with E-state index in [1.807, 2.05) is 0 Å². The van der Waals surface area contributed by atoms with E-state index < -0.39 is 0 Å². The Morgan fingerprint density at radius 1 is 0.944 bits per heavy atom. The van der Waals surface area contributed by atoms with Gasteiger partial charge in [0.2, 0.25) is 0 Å². The molecule has 0 fully saturated rings. The second kappa shape index (κ2) is 10.3. The molecular formula is C14H19N3O. The molecular weight excluding hydrogens is 226 g/mol. The maximum absolute atomic E-state index is 8.72. The fourth-order valence-electron chi connectivity index (χ4n) is 1.91. The Hall–Kier alpha value is -1.83. The van der Waals surface area contributed by atoms with Gasteiger partial charge in [-0.25, -0.2) is 0 Å². The third kappa shape index (κ3) is 6.69. The Bertz CT molecular complexity index is 311. The molecule has 0 amide bonds. The van der Waals surface area contributed by atoms with E-state index in [0.29, 0.717) is 51.7 Å². The fourth-order valence-corrected chi connectivity index (χ4v) is 1.91. The SMILES string of the molecule is C=CCOCC(CCC#N)(CCC#N)CCC#N. The molecule has 0 saturated heterocycles. The highest BCUT2D eigenvalue weighted by atomic mass is 16.5. The summed E-state index contributed by atoms with van der Waals surface area (Å²) in [5, 5.41) is 26.1. The molecule has 4 nitrogen and oxygen atoms in total. The molecule has 4 heteroatoms. The summed E-state index contributed by atoms with van der Waals surface area (Å²) in [5.41, 5.74) is -0.232. The molecule has 0 aliphatic carbocycles. The van der Waals surface area contributed by atoms with Crippen LogP contribution in [0.25, 0.3) is 0 Å². The fraction of sp³-hybridized carbons (Fsp3) is 0.643. The Labute approximate surface area is 109 Å². The molecule has 0 heterocycles. The third-order valence-electron chi connectivity index (χ3n) is 2.95. The summed E-state index contributed by atoms with van der Waals surface area (Å²) in [6.07, 6.45) is 4.96. The summed E-state index contributed by atoms with van der Waals surface area (Å²) in [4.78, 5) is 0. The van der Waals surface area contributed by atoms with Gasteiger partial charge in [-0.05, 0) is 24.7 Å².